The molecule has 0 amide bonds. The zero-order valence-electron chi connectivity index (χ0n) is 11.6. The number of hydrogen-bond donors (Lipinski definition) is 1. The van der Waals surface area contributed by atoms with Crippen LogP contribution in [0.25, 0.3) is 0 Å². The van der Waals surface area contributed by atoms with Gasteiger partial charge in [-0.05, 0) is 49.7 Å². The molecular weight excluding hydrogens is 310 g/mol. The van der Waals surface area contributed by atoms with Gasteiger partial charge < -0.3 is 0 Å². The summed E-state index contributed by atoms with van der Waals surface area (Å²) in [7, 11) is -3.71. The Labute approximate surface area is 128 Å². The van der Waals surface area contributed by atoms with Gasteiger partial charge in [0, 0.05) is 10.6 Å². The largest absolute Gasteiger partial charge is 0.295 e. The molecule has 2 rings (SSSR count). The molecule has 0 fully saturated rings. The summed E-state index contributed by atoms with van der Waals surface area (Å²) in [6.07, 6.45) is 0. The quantitative estimate of drug-likeness (QED) is 0.873. The summed E-state index contributed by atoms with van der Waals surface area (Å²) in [5, 5.41) is 0.462. The molecule has 0 spiro atoms. The Morgan fingerprint density at radius 1 is 1.10 bits per heavy atom. The molecule has 0 aliphatic heterocycles. The number of sulfonamides is 1. The molecule has 0 aliphatic rings. The van der Waals surface area contributed by atoms with E-state index in [0.29, 0.717) is 16.3 Å². The van der Waals surface area contributed by atoms with Crippen LogP contribution in [0.15, 0.2) is 47.4 Å². The Hall–Kier alpha value is -1.85. The van der Waals surface area contributed by atoms with Gasteiger partial charge in [-0.15, -0.1) is 0 Å². The Morgan fingerprint density at radius 2 is 1.71 bits per heavy atom. The van der Waals surface area contributed by atoms with Crippen LogP contribution in [0.4, 0.5) is 5.69 Å². The van der Waals surface area contributed by atoms with Gasteiger partial charge >= 0.3 is 0 Å². The third-order valence-corrected chi connectivity index (χ3v) is 4.65. The van der Waals surface area contributed by atoms with Gasteiger partial charge in [0.15, 0.2) is 5.78 Å². The summed E-state index contributed by atoms with van der Waals surface area (Å²) in [5.41, 5.74) is 1.57. The van der Waals surface area contributed by atoms with E-state index in [4.69, 9.17) is 11.6 Å². The van der Waals surface area contributed by atoms with Gasteiger partial charge in [-0.3, -0.25) is 9.52 Å². The van der Waals surface area contributed by atoms with Crippen LogP contribution in [0.1, 0.15) is 22.8 Å². The second-order valence-corrected chi connectivity index (χ2v) is 6.76. The summed E-state index contributed by atoms with van der Waals surface area (Å²) < 4.78 is 27.1. The fourth-order valence-electron chi connectivity index (χ4n) is 1.77. The van der Waals surface area contributed by atoms with Crippen molar-refractivity contribution in [3.05, 3.63) is 58.6 Å². The number of hydrogen-bond acceptors (Lipinski definition) is 3. The molecule has 2 aromatic carbocycles. The number of nitrogens with one attached hydrogen (secondary N) is 1. The number of carbonyl (C=O) groups excluding carboxylic acids is 1. The third kappa shape index (κ3) is 3.62. The van der Waals surface area contributed by atoms with Crippen molar-refractivity contribution in [2.45, 2.75) is 18.7 Å². The maximum atomic E-state index is 12.3. The molecule has 110 valence electrons. The van der Waals surface area contributed by atoms with E-state index in [1.54, 1.807) is 19.1 Å². The molecule has 0 saturated carbocycles. The fraction of sp³-hybridized carbons (Fsp3) is 0.133. The van der Waals surface area contributed by atoms with Crippen molar-refractivity contribution in [2.24, 2.45) is 0 Å². The minimum atomic E-state index is -3.71. The molecule has 0 aromatic heterocycles. The van der Waals surface area contributed by atoms with E-state index in [1.165, 1.54) is 37.3 Å². The van der Waals surface area contributed by atoms with E-state index < -0.39 is 10.0 Å². The average Bonchev–Trinajstić information content (AvgIpc) is 2.41. The molecule has 0 saturated heterocycles. The van der Waals surface area contributed by atoms with Gasteiger partial charge in [0.1, 0.15) is 0 Å². The highest BCUT2D eigenvalue weighted by Crippen LogP contribution is 2.22. The van der Waals surface area contributed by atoms with Crippen LogP contribution >= 0.6 is 11.6 Å². The van der Waals surface area contributed by atoms with E-state index in [9.17, 15) is 13.2 Å². The standard InChI is InChI=1S/C15H14ClNO3S/c1-10-3-4-12(11(2)18)9-15(10)17-21(19,20)14-7-5-13(16)6-8-14/h3-9,17H,1-2H3. The summed E-state index contributed by atoms with van der Waals surface area (Å²) in [6.45, 7) is 3.20. The Bertz CT molecular complexity index is 783. The Kier molecular flexibility index (Phi) is 4.34. The molecule has 0 radical (unpaired) electrons. The molecule has 4 nitrogen and oxygen atoms in total. The molecule has 0 unspecified atom stereocenters. The fourth-order valence-corrected chi connectivity index (χ4v) is 3.02. The molecular formula is C15H14ClNO3S. The van der Waals surface area contributed by atoms with E-state index >= 15 is 0 Å². The van der Waals surface area contributed by atoms with Crippen LogP contribution in [-0.4, -0.2) is 14.2 Å². The predicted molar refractivity (Wildman–Crippen MR) is 83.4 cm³/mol. The number of benzene rings is 2. The summed E-state index contributed by atoms with van der Waals surface area (Å²) >= 11 is 5.75. The predicted octanol–water partition coefficient (Wildman–Crippen LogP) is 3.65. The van der Waals surface area contributed by atoms with Crippen molar-refractivity contribution in [3.63, 3.8) is 0 Å². The topological polar surface area (TPSA) is 63.2 Å². The number of ketones is 1. The summed E-state index contributed by atoms with van der Waals surface area (Å²) in [6, 6.07) is 10.8. The molecule has 21 heavy (non-hydrogen) atoms. The third-order valence-electron chi connectivity index (χ3n) is 3.01. The lowest BCUT2D eigenvalue weighted by Gasteiger charge is -2.11. The zero-order valence-corrected chi connectivity index (χ0v) is 13.1. The summed E-state index contributed by atoms with van der Waals surface area (Å²) in [4.78, 5) is 11.5. The second-order valence-electron chi connectivity index (χ2n) is 4.65. The lowest BCUT2D eigenvalue weighted by atomic mass is 10.1. The van der Waals surface area contributed by atoms with Crippen molar-refractivity contribution in [1.82, 2.24) is 0 Å². The van der Waals surface area contributed by atoms with E-state index in [-0.39, 0.29) is 10.7 Å². The van der Waals surface area contributed by atoms with Crippen molar-refractivity contribution in [1.29, 1.82) is 0 Å². The summed E-state index contributed by atoms with van der Waals surface area (Å²) in [5.74, 6) is -0.123. The number of rotatable bonds is 4. The van der Waals surface area contributed by atoms with Crippen LogP contribution in [0.3, 0.4) is 0 Å². The zero-order chi connectivity index (χ0) is 15.6. The van der Waals surface area contributed by atoms with Crippen molar-refractivity contribution in [2.75, 3.05) is 4.72 Å². The van der Waals surface area contributed by atoms with Gasteiger partial charge in [0.25, 0.3) is 10.0 Å². The normalized spacial score (nSPS) is 11.2. The highest BCUT2D eigenvalue weighted by molar-refractivity contribution is 7.92. The first kappa shape index (κ1) is 15.5. The maximum Gasteiger partial charge on any atom is 0.261 e. The van der Waals surface area contributed by atoms with Gasteiger partial charge in [-0.1, -0.05) is 23.7 Å². The molecule has 0 atom stereocenters. The minimum absolute atomic E-state index is 0.111. The molecule has 2 aromatic rings. The van der Waals surface area contributed by atoms with Crippen LogP contribution < -0.4 is 4.72 Å². The first-order chi connectivity index (χ1) is 9.79. The SMILES string of the molecule is CC(=O)c1ccc(C)c(NS(=O)(=O)c2ccc(Cl)cc2)c1. The van der Waals surface area contributed by atoms with Crippen molar-refractivity contribution >= 4 is 33.1 Å². The molecule has 0 aliphatic carbocycles. The highest BCUT2D eigenvalue weighted by atomic mass is 35.5. The second kappa shape index (κ2) is 5.87. The molecule has 0 bridgehead atoms. The van der Waals surface area contributed by atoms with Crippen LogP contribution in [-0.2, 0) is 10.0 Å². The Morgan fingerprint density at radius 3 is 2.29 bits per heavy atom. The first-order valence-corrected chi connectivity index (χ1v) is 8.06. The highest BCUT2D eigenvalue weighted by Gasteiger charge is 2.15. The van der Waals surface area contributed by atoms with Crippen molar-refractivity contribution in [3.8, 4) is 0 Å². The monoisotopic (exact) mass is 323 g/mol. The maximum absolute atomic E-state index is 12.3. The average molecular weight is 324 g/mol. The number of carbonyl (C=O) groups is 1. The molecule has 6 heteroatoms. The molecule has 1 N–H and O–H groups in total. The number of aryl methyl sites for hydroxylation is 1. The van der Waals surface area contributed by atoms with Crippen LogP contribution in [0, 0.1) is 6.92 Å². The van der Waals surface area contributed by atoms with Gasteiger partial charge in [0.2, 0.25) is 0 Å². The first-order valence-electron chi connectivity index (χ1n) is 6.19. The smallest absolute Gasteiger partial charge is 0.261 e. The number of Topliss-reactive ketones (excluding diaryl/α,β-unsaturated/α-hetero) is 1. The van der Waals surface area contributed by atoms with Crippen LogP contribution in [0.2, 0.25) is 5.02 Å². The van der Waals surface area contributed by atoms with E-state index in [2.05, 4.69) is 4.72 Å². The lowest BCUT2D eigenvalue weighted by Crippen LogP contribution is -2.14. The van der Waals surface area contributed by atoms with Gasteiger partial charge in [0.05, 0.1) is 10.6 Å². The van der Waals surface area contributed by atoms with E-state index in [1.807, 2.05) is 0 Å². The van der Waals surface area contributed by atoms with Gasteiger partial charge in [-0.2, -0.15) is 0 Å². The Balaban J connectivity index is 2.38. The lowest BCUT2D eigenvalue weighted by molar-refractivity contribution is 0.101. The van der Waals surface area contributed by atoms with Gasteiger partial charge in [-0.25, -0.2) is 8.42 Å². The number of halogens is 1. The van der Waals surface area contributed by atoms with Crippen molar-refractivity contribution < 1.29 is 13.2 Å². The molecule has 0 heterocycles. The van der Waals surface area contributed by atoms with Crippen LogP contribution in [0.5, 0.6) is 0 Å². The van der Waals surface area contributed by atoms with E-state index in [0.717, 1.165) is 5.56 Å². The number of anilines is 1. The minimum Gasteiger partial charge on any atom is -0.295 e.